The SMILES string of the molecule is Cc1cc(Br)cc(C)c1NCc1ccc([N+](=O)[O-])cc1. The molecule has 0 radical (unpaired) electrons. The first-order valence-corrected chi connectivity index (χ1v) is 7.00. The van der Waals surface area contributed by atoms with Crippen LogP contribution >= 0.6 is 15.9 Å². The Kier molecular flexibility index (Phi) is 4.39. The molecule has 0 fully saturated rings. The van der Waals surface area contributed by atoms with E-state index in [1.165, 1.54) is 23.3 Å². The lowest BCUT2D eigenvalue weighted by Crippen LogP contribution is -2.03. The number of nitro groups is 1. The third-order valence-electron chi connectivity index (χ3n) is 3.11. The lowest BCUT2D eigenvalue weighted by Gasteiger charge is -2.13. The van der Waals surface area contributed by atoms with E-state index in [4.69, 9.17) is 0 Å². The van der Waals surface area contributed by atoms with E-state index in [1.807, 2.05) is 0 Å². The maximum absolute atomic E-state index is 10.6. The average molecular weight is 335 g/mol. The van der Waals surface area contributed by atoms with Crippen molar-refractivity contribution in [3.63, 3.8) is 0 Å². The van der Waals surface area contributed by atoms with Gasteiger partial charge in [-0.1, -0.05) is 28.1 Å². The van der Waals surface area contributed by atoms with Crippen molar-refractivity contribution in [2.75, 3.05) is 5.32 Å². The van der Waals surface area contributed by atoms with Crippen LogP contribution in [0, 0.1) is 24.0 Å². The van der Waals surface area contributed by atoms with Gasteiger partial charge in [0.05, 0.1) is 4.92 Å². The summed E-state index contributed by atoms with van der Waals surface area (Å²) in [7, 11) is 0. The summed E-state index contributed by atoms with van der Waals surface area (Å²) in [5, 5.41) is 14.0. The number of anilines is 1. The van der Waals surface area contributed by atoms with E-state index in [-0.39, 0.29) is 10.6 Å². The Morgan fingerprint density at radius 2 is 1.70 bits per heavy atom. The zero-order chi connectivity index (χ0) is 14.7. The number of halogens is 1. The molecular weight excluding hydrogens is 320 g/mol. The van der Waals surface area contributed by atoms with Crippen molar-refractivity contribution in [2.24, 2.45) is 0 Å². The van der Waals surface area contributed by atoms with Gasteiger partial charge in [-0.25, -0.2) is 0 Å². The number of nitrogens with zero attached hydrogens (tertiary/aromatic N) is 1. The van der Waals surface area contributed by atoms with Crippen LogP contribution in [0.3, 0.4) is 0 Å². The van der Waals surface area contributed by atoms with E-state index >= 15 is 0 Å². The molecule has 1 N–H and O–H groups in total. The third kappa shape index (κ3) is 3.36. The van der Waals surface area contributed by atoms with Crippen LogP contribution in [-0.2, 0) is 6.54 Å². The van der Waals surface area contributed by atoms with Crippen molar-refractivity contribution in [2.45, 2.75) is 20.4 Å². The van der Waals surface area contributed by atoms with Crippen molar-refractivity contribution < 1.29 is 4.92 Å². The normalized spacial score (nSPS) is 10.3. The Balaban J connectivity index is 2.11. The molecule has 0 atom stereocenters. The number of nitrogens with one attached hydrogen (secondary N) is 1. The smallest absolute Gasteiger partial charge is 0.269 e. The lowest BCUT2D eigenvalue weighted by molar-refractivity contribution is -0.384. The first kappa shape index (κ1) is 14.5. The number of nitro benzene ring substituents is 1. The van der Waals surface area contributed by atoms with Crippen molar-refractivity contribution in [1.29, 1.82) is 0 Å². The average Bonchev–Trinajstić information content (AvgIpc) is 2.38. The highest BCUT2D eigenvalue weighted by Crippen LogP contribution is 2.25. The van der Waals surface area contributed by atoms with Crippen LogP contribution < -0.4 is 5.32 Å². The molecule has 0 aliphatic heterocycles. The first-order chi connectivity index (χ1) is 9.47. The van der Waals surface area contributed by atoms with Gasteiger partial charge in [-0.05, 0) is 42.7 Å². The standard InChI is InChI=1S/C15H15BrN2O2/c1-10-7-13(16)8-11(2)15(10)17-9-12-3-5-14(6-4-12)18(19)20/h3-8,17H,9H2,1-2H3. The molecule has 0 bridgehead atoms. The second-order valence-corrected chi connectivity index (χ2v) is 5.61. The Bertz CT molecular complexity index is 616. The maximum atomic E-state index is 10.6. The largest absolute Gasteiger partial charge is 0.381 e. The van der Waals surface area contributed by atoms with E-state index in [1.54, 1.807) is 12.1 Å². The van der Waals surface area contributed by atoms with Gasteiger partial charge in [-0.3, -0.25) is 10.1 Å². The molecule has 0 saturated heterocycles. The minimum atomic E-state index is -0.389. The highest BCUT2D eigenvalue weighted by molar-refractivity contribution is 9.10. The Morgan fingerprint density at radius 3 is 2.20 bits per heavy atom. The van der Waals surface area contributed by atoms with Crippen molar-refractivity contribution in [3.05, 3.63) is 67.7 Å². The summed E-state index contributed by atoms with van der Waals surface area (Å²) in [6.45, 7) is 4.74. The Morgan fingerprint density at radius 1 is 1.15 bits per heavy atom. The molecule has 0 aliphatic rings. The minimum Gasteiger partial charge on any atom is -0.381 e. The zero-order valence-corrected chi connectivity index (χ0v) is 12.9. The summed E-state index contributed by atoms with van der Waals surface area (Å²) in [4.78, 5) is 10.2. The van der Waals surface area contributed by atoms with E-state index in [2.05, 4.69) is 47.2 Å². The third-order valence-corrected chi connectivity index (χ3v) is 3.57. The number of hydrogen-bond acceptors (Lipinski definition) is 3. The summed E-state index contributed by atoms with van der Waals surface area (Å²) in [5.74, 6) is 0. The summed E-state index contributed by atoms with van der Waals surface area (Å²) >= 11 is 3.47. The minimum absolute atomic E-state index is 0.116. The van der Waals surface area contributed by atoms with Gasteiger partial charge in [-0.15, -0.1) is 0 Å². The molecule has 0 saturated carbocycles. The van der Waals surface area contributed by atoms with Crippen molar-refractivity contribution in [3.8, 4) is 0 Å². The van der Waals surface area contributed by atoms with Gasteiger partial charge in [-0.2, -0.15) is 0 Å². The second kappa shape index (κ2) is 6.05. The van der Waals surface area contributed by atoms with Gasteiger partial charge in [0, 0.05) is 28.8 Å². The molecule has 5 heteroatoms. The molecule has 0 heterocycles. The van der Waals surface area contributed by atoms with Gasteiger partial charge < -0.3 is 5.32 Å². The summed E-state index contributed by atoms with van der Waals surface area (Å²) in [5.41, 5.74) is 4.56. The first-order valence-electron chi connectivity index (χ1n) is 6.21. The van der Waals surface area contributed by atoms with Gasteiger partial charge in [0.1, 0.15) is 0 Å². The van der Waals surface area contributed by atoms with Gasteiger partial charge in [0.25, 0.3) is 5.69 Å². The zero-order valence-electron chi connectivity index (χ0n) is 11.3. The quantitative estimate of drug-likeness (QED) is 0.657. The topological polar surface area (TPSA) is 55.2 Å². The van der Waals surface area contributed by atoms with Crippen LogP contribution in [0.5, 0.6) is 0 Å². The fourth-order valence-electron chi connectivity index (χ4n) is 2.12. The number of hydrogen-bond donors (Lipinski definition) is 1. The van der Waals surface area contributed by atoms with Crippen LogP contribution in [0.1, 0.15) is 16.7 Å². The fraction of sp³-hybridized carbons (Fsp3) is 0.200. The van der Waals surface area contributed by atoms with Crippen LogP contribution in [0.15, 0.2) is 40.9 Å². The van der Waals surface area contributed by atoms with Crippen molar-refractivity contribution in [1.82, 2.24) is 0 Å². The fourth-order valence-corrected chi connectivity index (χ4v) is 2.80. The molecule has 104 valence electrons. The lowest BCUT2D eigenvalue weighted by atomic mass is 10.1. The molecule has 0 unspecified atom stereocenters. The van der Waals surface area contributed by atoms with Crippen LogP contribution in [-0.4, -0.2) is 4.92 Å². The monoisotopic (exact) mass is 334 g/mol. The summed E-state index contributed by atoms with van der Waals surface area (Å²) in [6, 6.07) is 10.7. The van der Waals surface area contributed by atoms with Gasteiger partial charge in [0.15, 0.2) is 0 Å². The van der Waals surface area contributed by atoms with E-state index in [9.17, 15) is 10.1 Å². The highest BCUT2D eigenvalue weighted by Gasteiger charge is 2.06. The van der Waals surface area contributed by atoms with Gasteiger partial charge >= 0.3 is 0 Å². The number of aryl methyl sites for hydroxylation is 2. The predicted molar refractivity (Wildman–Crippen MR) is 84.0 cm³/mol. The van der Waals surface area contributed by atoms with E-state index in [0.29, 0.717) is 6.54 Å². The molecule has 2 aromatic carbocycles. The number of non-ortho nitro benzene ring substituents is 1. The van der Waals surface area contributed by atoms with Crippen LogP contribution in [0.25, 0.3) is 0 Å². The molecule has 20 heavy (non-hydrogen) atoms. The molecule has 2 rings (SSSR count). The Labute approximate surface area is 126 Å². The molecule has 0 aliphatic carbocycles. The second-order valence-electron chi connectivity index (χ2n) is 4.69. The molecular formula is C15H15BrN2O2. The highest BCUT2D eigenvalue weighted by atomic mass is 79.9. The molecule has 0 amide bonds. The molecule has 2 aromatic rings. The number of rotatable bonds is 4. The van der Waals surface area contributed by atoms with Gasteiger partial charge in [0.2, 0.25) is 0 Å². The molecule has 4 nitrogen and oxygen atoms in total. The van der Waals surface area contributed by atoms with Crippen LogP contribution in [0.4, 0.5) is 11.4 Å². The summed E-state index contributed by atoms with van der Waals surface area (Å²) < 4.78 is 1.06. The molecule has 0 spiro atoms. The maximum Gasteiger partial charge on any atom is 0.269 e. The predicted octanol–water partition coefficient (Wildman–Crippen LogP) is 4.59. The van der Waals surface area contributed by atoms with E-state index < -0.39 is 0 Å². The van der Waals surface area contributed by atoms with E-state index in [0.717, 1.165) is 15.7 Å². The van der Waals surface area contributed by atoms with Crippen LogP contribution in [0.2, 0.25) is 0 Å². The molecule has 0 aromatic heterocycles. The van der Waals surface area contributed by atoms with Crippen molar-refractivity contribution >= 4 is 27.3 Å². The summed E-state index contributed by atoms with van der Waals surface area (Å²) in [6.07, 6.45) is 0. The number of benzene rings is 2. The Hall–Kier alpha value is -1.88.